The van der Waals surface area contributed by atoms with E-state index in [1.807, 2.05) is 12.1 Å². The Labute approximate surface area is 214 Å². The second-order valence-corrected chi connectivity index (χ2v) is 10.4. The van der Waals surface area contributed by atoms with E-state index in [0.29, 0.717) is 12.6 Å². The van der Waals surface area contributed by atoms with Crippen molar-refractivity contribution in [2.45, 2.75) is 51.7 Å². The summed E-state index contributed by atoms with van der Waals surface area (Å²) in [5.74, 6) is 2.31. The molecule has 1 saturated heterocycles. The van der Waals surface area contributed by atoms with Crippen LogP contribution in [0.25, 0.3) is 16.8 Å². The molecule has 7 nitrogen and oxygen atoms in total. The molecule has 1 atom stereocenters. The van der Waals surface area contributed by atoms with Crippen LogP contribution in [0.1, 0.15) is 43.9 Å². The molecule has 0 bridgehead atoms. The standard InChI is InChI=1S/C29H40N3O4/c1-6-23-29(32(2,18-20-10-11-20)22-12-14-36-15-13-22)25-9-7-8-24(31(25)30-23)28-26(34-4)16-21(19-33-3)17-27(28)35-5/h7-9,16-17,20,22H,6,10-15,18-19H2,1-5H3/q+1. The zero-order chi connectivity index (χ0) is 25.3. The summed E-state index contributed by atoms with van der Waals surface area (Å²) in [5.41, 5.74) is 6.59. The van der Waals surface area contributed by atoms with Crippen LogP contribution in [0.3, 0.4) is 0 Å². The molecule has 2 fully saturated rings. The van der Waals surface area contributed by atoms with Crippen molar-refractivity contribution in [3.05, 3.63) is 41.6 Å². The highest BCUT2D eigenvalue weighted by Gasteiger charge is 2.44. The van der Waals surface area contributed by atoms with E-state index in [9.17, 15) is 0 Å². The Bertz CT molecular complexity index is 1190. The molecule has 2 aromatic heterocycles. The third kappa shape index (κ3) is 4.49. The lowest BCUT2D eigenvalue weighted by Gasteiger charge is -2.43. The summed E-state index contributed by atoms with van der Waals surface area (Å²) in [4.78, 5) is 0. The number of methoxy groups -OCH3 is 3. The predicted octanol–water partition coefficient (Wildman–Crippen LogP) is 5.25. The highest BCUT2D eigenvalue weighted by atomic mass is 16.5. The van der Waals surface area contributed by atoms with E-state index in [1.165, 1.54) is 36.3 Å². The van der Waals surface area contributed by atoms with Crippen molar-refractivity contribution in [1.29, 1.82) is 0 Å². The molecule has 1 aliphatic heterocycles. The first kappa shape index (κ1) is 25.1. The van der Waals surface area contributed by atoms with Gasteiger partial charge < -0.3 is 18.9 Å². The molecule has 1 aromatic carbocycles. The molecule has 1 unspecified atom stereocenters. The fourth-order valence-corrected chi connectivity index (χ4v) is 6.07. The third-order valence-electron chi connectivity index (χ3n) is 8.01. The smallest absolute Gasteiger partial charge is 0.182 e. The second-order valence-electron chi connectivity index (χ2n) is 10.4. The molecule has 36 heavy (non-hydrogen) atoms. The minimum atomic E-state index is 0.491. The van der Waals surface area contributed by atoms with Gasteiger partial charge in [-0.3, -0.25) is 4.48 Å². The van der Waals surface area contributed by atoms with Crippen molar-refractivity contribution < 1.29 is 18.9 Å². The van der Waals surface area contributed by atoms with E-state index < -0.39 is 0 Å². The fraction of sp³-hybridized carbons (Fsp3) is 0.552. The average Bonchev–Trinajstić information content (AvgIpc) is 3.63. The van der Waals surface area contributed by atoms with Gasteiger partial charge >= 0.3 is 0 Å². The number of ether oxygens (including phenoxy) is 4. The number of fused-ring (bicyclic) bond motifs is 1. The van der Waals surface area contributed by atoms with Crippen LogP contribution in [0.5, 0.6) is 11.5 Å². The molecule has 194 valence electrons. The number of nitrogens with zero attached hydrogens (tertiary/aromatic N) is 3. The van der Waals surface area contributed by atoms with Crippen molar-refractivity contribution in [1.82, 2.24) is 14.1 Å². The maximum Gasteiger partial charge on any atom is 0.182 e. The molecule has 7 heteroatoms. The molecule has 0 spiro atoms. The topological polar surface area (TPSA) is 54.2 Å². The lowest BCUT2D eigenvalue weighted by molar-refractivity contribution is 0.0436. The van der Waals surface area contributed by atoms with Crippen LogP contribution in [-0.2, 0) is 22.5 Å². The monoisotopic (exact) mass is 494 g/mol. The molecule has 0 N–H and O–H groups in total. The fourth-order valence-electron chi connectivity index (χ4n) is 6.07. The summed E-state index contributed by atoms with van der Waals surface area (Å²) >= 11 is 0. The molecule has 2 aliphatic rings. The van der Waals surface area contributed by atoms with Gasteiger partial charge in [0, 0.05) is 25.9 Å². The maximum absolute atomic E-state index is 5.87. The van der Waals surface area contributed by atoms with Gasteiger partial charge in [-0.15, -0.1) is 0 Å². The molecule has 3 aromatic rings. The Morgan fingerprint density at radius 2 is 1.72 bits per heavy atom. The summed E-state index contributed by atoms with van der Waals surface area (Å²) in [5, 5.41) is 5.24. The Kier molecular flexibility index (Phi) is 7.24. The van der Waals surface area contributed by atoms with Gasteiger partial charge in [0.05, 0.1) is 64.9 Å². The molecule has 0 radical (unpaired) electrons. The lowest BCUT2D eigenvalue weighted by Crippen LogP contribution is -2.57. The molecular weight excluding hydrogens is 454 g/mol. The van der Waals surface area contributed by atoms with Gasteiger partial charge in [0.2, 0.25) is 0 Å². The van der Waals surface area contributed by atoms with Crippen molar-refractivity contribution >= 4 is 11.2 Å². The number of aromatic nitrogens is 2. The van der Waals surface area contributed by atoms with Gasteiger partial charge in [-0.1, -0.05) is 13.0 Å². The summed E-state index contributed by atoms with van der Waals surface area (Å²) < 4.78 is 25.9. The van der Waals surface area contributed by atoms with Crippen LogP contribution >= 0.6 is 0 Å². The lowest BCUT2D eigenvalue weighted by atomic mass is 10.0. The van der Waals surface area contributed by atoms with Crippen molar-refractivity contribution in [2.24, 2.45) is 5.92 Å². The summed E-state index contributed by atoms with van der Waals surface area (Å²) in [6.07, 6.45) is 5.74. The van der Waals surface area contributed by atoms with Crippen LogP contribution in [0, 0.1) is 5.92 Å². The van der Waals surface area contributed by atoms with E-state index in [2.05, 4.69) is 36.7 Å². The summed E-state index contributed by atoms with van der Waals surface area (Å²) in [6, 6.07) is 11.1. The van der Waals surface area contributed by atoms with Gasteiger partial charge in [-0.25, -0.2) is 4.52 Å². The summed E-state index contributed by atoms with van der Waals surface area (Å²) in [7, 11) is 7.55. The van der Waals surface area contributed by atoms with Gasteiger partial charge in [0.25, 0.3) is 0 Å². The molecule has 1 saturated carbocycles. The van der Waals surface area contributed by atoms with Gasteiger partial charge in [0.15, 0.2) is 5.69 Å². The molecular formula is C29H40N3O4+. The number of quaternary nitrogens is 1. The highest BCUT2D eigenvalue weighted by molar-refractivity contribution is 5.82. The SMILES string of the molecule is CCc1nn2c(-c3c(OC)cc(COC)cc3OC)cccc2c1[N+](C)(CC1CC1)C1CCOCC1. The van der Waals surface area contributed by atoms with Gasteiger partial charge in [-0.2, -0.15) is 5.10 Å². The Balaban J connectivity index is 1.72. The zero-order valence-electron chi connectivity index (χ0n) is 22.4. The van der Waals surface area contributed by atoms with E-state index in [4.69, 9.17) is 24.0 Å². The van der Waals surface area contributed by atoms with Gasteiger partial charge in [-0.05, 0) is 49.1 Å². The highest BCUT2D eigenvalue weighted by Crippen LogP contribution is 2.45. The second kappa shape index (κ2) is 10.4. The zero-order valence-corrected chi connectivity index (χ0v) is 22.4. The van der Waals surface area contributed by atoms with Crippen molar-refractivity contribution in [2.75, 3.05) is 48.1 Å². The van der Waals surface area contributed by atoms with Crippen LogP contribution < -0.4 is 14.0 Å². The quantitative estimate of drug-likeness (QED) is 0.360. The first-order valence-corrected chi connectivity index (χ1v) is 13.2. The van der Waals surface area contributed by atoms with E-state index in [-0.39, 0.29) is 0 Å². The maximum atomic E-state index is 5.87. The van der Waals surface area contributed by atoms with Crippen LogP contribution in [0.2, 0.25) is 0 Å². The average molecular weight is 495 g/mol. The number of benzene rings is 1. The number of aryl methyl sites for hydroxylation is 1. The predicted molar refractivity (Wildman–Crippen MR) is 143 cm³/mol. The molecule has 0 amide bonds. The Morgan fingerprint density at radius 3 is 2.31 bits per heavy atom. The minimum absolute atomic E-state index is 0.491. The Hall–Kier alpha value is -2.61. The number of pyridine rings is 1. The van der Waals surface area contributed by atoms with Gasteiger partial charge in [0.1, 0.15) is 22.7 Å². The number of hydrogen-bond donors (Lipinski definition) is 0. The molecule has 1 aliphatic carbocycles. The minimum Gasteiger partial charge on any atom is -0.496 e. The van der Waals surface area contributed by atoms with E-state index in [0.717, 1.165) is 71.2 Å². The first-order valence-electron chi connectivity index (χ1n) is 13.2. The molecule has 3 heterocycles. The first-order chi connectivity index (χ1) is 17.5. The summed E-state index contributed by atoms with van der Waals surface area (Å²) in [6.45, 7) is 5.57. The largest absolute Gasteiger partial charge is 0.496 e. The van der Waals surface area contributed by atoms with Crippen LogP contribution in [0.4, 0.5) is 5.69 Å². The molecule has 5 rings (SSSR count). The number of rotatable bonds is 10. The van der Waals surface area contributed by atoms with Crippen molar-refractivity contribution in [3.63, 3.8) is 0 Å². The normalized spacial score (nSPS) is 18.4. The number of hydrogen-bond acceptors (Lipinski definition) is 5. The van der Waals surface area contributed by atoms with Crippen LogP contribution in [0.15, 0.2) is 30.3 Å². The Morgan fingerprint density at radius 1 is 1.03 bits per heavy atom. The van der Waals surface area contributed by atoms with Crippen LogP contribution in [-0.4, -0.2) is 63.8 Å². The van der Waals surface area contributed by atoms with E-state index >= 15 is 0 Å². The van der Waals surface area contributed by atoms with Crippen molar-refractivity contribution in [3.8, 4) is 22.8 Å². The van der Waals surface area contributed by atoms with E-state index in [1.54, 1.807) is 21.3 Å². The third-order valence-corrected chi connectivity index (χ3v) is 8.01.